The van der Waals surface area contributed by atoms with E-state index in [9.17, 15) is 29.9 Å². The molecule has 4 aliphatic heterocycles. The number of ether oxygens (including phenoxy) is 1. The maximum atomic E-state index is 11.9. The van der Waals surface area contributed by atoms with Gasteiger partial charge in [0.1, 0.15) is 11.5 Å². The Hall–Kier alpha value is -11.0. The molecule has 0 fully saturated rings. The lowest BCUT2D eigenvalue weighted by molar-refractivity contribution is 0.490. The van der Waals surface area contributed by atoms with E-state index in [4.69, 9.17) is 6.11 Å². The van der Waals surface area contributed by atoms with E-state index >= 15 is 0 Å². The summed E-state index contributed by atoms with van der Waals surface area (Å²) in [6.45, 7) is 15.8. The topological polar surface area (TPSA) is 44.4 Å². The minimum Gasteiger partial charge on any atom is -0.459 e. The Kier molecular flexibility index (Phi) is 9.87. The van der Waals surface area contributed by atoms with E-state index in [0.29, 0.717) is 67.2 Å². The molecule has 13 aromatic carbocycles. The quantitative estimate of drug-likeness (QED) is 0.149. The second-order valence-electron chi connectivity index (χ2n) is 28.8. The average molecular weight is 1310 g/mol. The molecule has 0 saturated carbocycles. The summed E-state index contributed by atoms with van der Waals surface area (Å²) in [6, 6.07) is 41.7. The van der Waals surface area contributed by atoms with Crippen LogP contribution in [0.15, 0.2) is 282 Å². The van der Waals surface area contributed by atoms with Gasteiger partial charge in [0, 0.05) is 71.3 Å². The van der Waals surface area contributed by atoms with Crippen LogP contribution < -0.4 is 47.3 Å². The van der Waals surface area contributed by atoms with E-state index in [2.05, 4.69) is 97.5 Å². The molecule has 18 rings (SSSR count). The number of benzene rings is 13. The van der Waals surface area contributed by atoms with E-state index in [1.165, 1.54) is 0 Å². The van der Waals surface area contributed by atoms with E-state index in [1.807, 2.05) is 138 Å². The van der Waals surface area contributed by atoms with Gasteiger partial charge in [-0.3, -0.25) is 0 Å². The number of rotatable bonds is 7. The molecule has 1 aromatic heterocycles. The van der Waals surface area contributed by atoms with Crippen LogP contribution in [0, 0.1) is 11.3 Å². The first-order chi connectivity index (χ1) is 55.9. The smallest absolute Gasteiger partial charge is 0.256 e. The molecule has 0 bridgehead atoms. The second-order valence-corrected chi connectivity index (χ2v) is 29.8. The summed E-state index contributed by atoms with van der Waals surface area (Å²) in [5.41, 5.74) is 6.25. The van der Waals surface area contributed by atoms with Gasteiger partial charge in [-0.05, 0) is 173 Å². The molecule has 0 atom stereocenters. The molecule has 474 valence electrons. The van der Waals surface area contributed by atoms with Gasteiger partial charge in [0.15, 0.2) is 0 Å². The second kappa shape index (κ2) is 22.5. The van der Waals surface area contributed by atoms with Gasteiger partial charge < -0.3 is 19.1 Å². The van der Waals surface area contributed by atoms with Gasteiger partial charge >= 0.3 is 0 Å². The van der Waals surface area contributed by atoms with E-state index in [-0.39, 0.29) is 71.0 Å². The minimum absolute atomic E-state index is 0.00405. The van der Waals surface area contributed by atoms with Gasteiger partial charge in [-0.1, -0.05) is 261 Å². The largest absolute Gasteiger partial charge is 0.459 e. The zero-order valence-corrected chi connectivity index (χ0v) is 56.6. The standard InChI is InChI=1S/C91H72B2N4OS/c1-89(2,3)61-47-66(57-28-14-10-15-29-57)86(67(48-61)58-30-16-11-17-31-58)96-76-53-64(95-74-39-25-22-36-65(74)70-46-56(55-94)42-45-75(70)95)43-44-71(76)93-83-77(96)51-63(91(7,8)9)52-78(83)97(87-68(59-32-18-12-19-33-59)49-62(90(4,5)6)50-69(87)60-34-20-13-21-35-60)79-54-82-85-88(84(79)93)98-80-40-26-23-37-72(80)92(85)73-38-24-27-41-81(73)99-82/h10-54H,1-9H3/i22D,23D,24D,25D,26D,27D,36D,37D,38D,39D,40D,41D,42D,43D,44D,45D,46D,53D,54D. The molecule has 0 spiro atoms. The molecule has 0 amide bonds. The molecule has 0 radical (unpaired) electrons. The Balaban J connectivity index is 1.14. The molecule has 5 heterocycles. The summed E-state index contributed by atoms with van der Waals surface area (Å²) < 4.78 is 200. The highest BCUT2D eigenvalue weighted by molar-refractivity contribution is 8.00. The first-order valence-electron chi connectivity index (χ1n) is 42.6. The van der Waals surface area contributed by atoms with Crippen molar-refractivity contribution in [2.24, 2.45) is 0 Å². The third-order valence-electron chi connectivity index (χ3n) is 19.7. The fraction of sp³-hybridized carbons (Fsp3) is 0.132. The van der Waals surface area contributed by atoms with Crippen molar-refractivity contribution in [2.45, 2.75) is 88.3 Å². The van der Waals surface area contributed by atoms with Crippen LogP contribution in [0.25, 0.3) is 72.0 Å². The predicted octanol–water partition coefficient (Wildman–Crippen LogP) is 20.4. The highest BCUT2D eigenvalue weighted by Crippen LogP contribution is 2.57. The van der Waals surface area contributed by atoms with Crippen LogP contribution in [0.5, 0.6) is 11.5 Å². The van der Waals surface area contributed by atoms with Crippen molar-refractivity contribution < 1.29 is 30.8 Å². The lowest BCUT2D eigenvalue weighted by Crippen LogP contribution is -2.65. The Bertz CT molecular complexity index is 6760. The summed E-state index contributed by atoms with van der Waals surface area (Å²) in [4.78, 5) is 4.09. The van der Waals surface area contributed by atoms with Crippen molar-refractivity contribution >= 4 is 114 Å². The van der Waals surface area contributed by atoms with Gasteiger partial charge in [0.05, 0.1) is 60.1 Å². The van der Waals surface area contributed by atoms with Crippen molar-refractivity contribution in [3.05, 3.63) is 295 Å². The van der Waals surface area contributed by atoms with Gasteiger partial charge in [-0.2, -0.15) is 5.26 Å². The monoisotopic (exact) mass is 1310 g/mol. The third-order valence-corrected chi connectivity index (χ3v) is 20.7. The fourth-order valence-electron chi connectivity index (χ4n) is 14.8. The highest BCUT2D eigenvalue weighted by atomic mass is 32.2. The highest BCUT2D eigenvalue weighted by Gasteiger charge is 2.51. The van der Waals surface area contributed by atoms with Crippen molar-refractivity contribution in [3.63, 3.8) is 0 Å². The molecule has 99 heavy (non-hydrogen) atoms. The lowest BCUT2D eigenvalue weighted by Gasteiger charge is -2.48. The molecule has 4 aliphatic rings. The molecule has 14 aromatic rings. The third kappa shape index (κ3) is 9.60. The van der Waals surface area contributed by atoms with Gasteiger partial charge in [-0.25, -0.2) is 0 Å². The van der Waals surface area contributed by atoms with Crippen molar-refractivity contribution in [3.8, 4) is 67.8 Å². The van der Waals surface area contributed by atoms with Gasteiger partial charge in [-0.15, -0.1) is 0 Å². The number of fused-ring (bicyclic) bond motifs is 12. The summed E-state index contributed by atoms with van der Waals surface area (Å²) in [6.07, 6.45) is 0. The van der Waals surface area contributed by atoms with Crippen LogP contribution in [0.3, 0.4) is 0 Å². The van der Waals surface area contributed by atoms with Crippen LogP contribution in [0.4, 0.5) is 34.1 Å². The normalized spacial score (nSPS) is 16.1. The Labute approximate surface area is 612 Å². The van der Waals surface area contributed by atoms with Crippen LogP contribution in [-0.4, -0.2) is 18.0 Å². The first kappa shape index (κ1) is 43.3. The summed E-state index contributed by atoms with van der Waals surface area (Å²) in [5.74, 6) is -0.509. The van der Waals surface area contributed by atoms with Crippen molar-refractivity contribution in [2.75, 3.05) is 9.80 Å². The minimum atomic E-state index is -1.55. The Morgan fingerprint density at radius 1 is 0.414 bits per heavy atom. The van der Waals surface area contributed by atoms with Crippen LogP contribution >= 0.6 is 11.8 Å². The molecule has 0 unspecified atom stereocenters. The Morgan fingerprint density at radius 3 is 1.44 bits per heavy atom. The lowest BCUT2D eigenvalue weighted by atomic mass is 9.30. The van der Waals surface area contributed by atoms with Gasteiger partial charge in [0.2, 0.25) is 0 Å². The molecule has 8 heteroatoms. The van der Waals surface area contributed by atoms with Crippen molar-refractivity contribution in [1.29, 1.82) is 5.26 Å². The molecule has 5 nitrogen and oxygen atoms in total. The zero-order chi connectivity index (χ0) is 83.9. The molecule has 0 aliphatic carbocycles. The fourth-order valence-corrected chi connectivity index (χ4v) is 15.9. The summed E-state index contributed by atoms with van der Waals surface area (Å²) in [5, 5.41) is 10.0. The maximum Gasteiger partial charge on any atom is 0.256 e. The SMILES string of the molecule is [2H]c1c([2H])c([2H])c2c(c1[2H])Oc1c3c(c([2H])c4c1B1c5c(cc(C(C)(C)C)cc5N4c4c(-c5ccccc5)cc(C(C)(C)C)cc4-c4ccccc4)N(c4c(-c5ccccc5)cc(C(C)(C)C)cc4-c4ccccc4)c4c([2H])c(-n5c6c([2H])c([2H])c([2H])c([2H])c6c6c([2H])c(C#N)c([2H])c([2H])c65)c([2H])c([2H])c41)Sc1c([2H])c([2H])c([2H])c([2H])c1B23. The summed E-state index contributed by atoms with van der Waals surface area (Å²) >= 11 is 0.910. The van der Waals surface area contributed by atoms with Gasteiger partial charge in [0.25, 0.3) is 13.4 Å². The number of para-hydroxylation sites is 2. The predicted molar refractivity (Wildman–Crippen MR) is 419 cm³/mol. The average Bonchev–Trinajstić information content (AvgIpc) is 0.745. The zero-order valence-electron chi connectivity index (χ0n) is 74.8. The van der Waals surface area contributed by atoms with E-state index in [1.54, 1.807) is 0 Å². The van der Waals surface area contributed by atoms with E-state index < -0.39 is 166 Å². The molecular weight excluding hydrogens is 1220 g/mol. The summed E-state index contributed by atoms with van der Waals surface area (Å²) in [7, 11) is 0. The maximum absolute atomic E-state index is 11.9. The van der Waals surface area contributed by atoms with E-state index in [0.717, 1.165) is 38.6 Å². The number of nitriles is 1. The number of anilines is 6. The molecular formula is C91H72B2N4OS. The first-order valence-corrected chi connectivity index (χ1v) is 34.0. The number of nitrogens with zero attached hydrogens (tertiary/aromatic N) is 4. The van der Waals surface area contributed by atoms with Crippen LogP contribution in [-0.2, 0) is 16.2 Å². The van der Waals surface area contributed by atoms with Crippen molar-refractivity contribution in [1.82, 2.24) is 4.57 Å². The Morgan fingerprint density at radius 2 is 0.899 bits per heavy atom. The molecule has 0 N–H and O–H groups in total. The van der Waals surface area contributed by atoms with Crippen LogP contribution in [0.2, 0.25) is 0 Å². The number of aromatic nitrogens is 1. The number of hydrogen-bond acceptors (Lipinski definition) is 5. The number of hydrogen-bond donors (Lipinski definition) is 0. The van der Waals surface area contributed by atoms with Crippen LogP contribution in [0.1, 0.15) is 111 Å². The molecule has 0 saturated heterocycles.